The fourth-order valence-electron chi connectivity index (χ4n) is 2.47. The lowest BCUT2D eigenvalue weighted by atomic mass is 10.0. The molecule has 0 atom stereocenters. The highest BCUT2D eigenvalue weighted by Gasteiger charge is 2.08. The molecule has 0 saturated heterocycles. The molecular weight excluding hydrogens is 300 g/mol. The van der Waals surface area contributed by atoms with E-state index >= 15 is 0 Å². The Morgan fingerprint density at radius 3 is 2.58 bits per heavy atom. The van der Waals surface area contributed by atoms with Crippen molar-refractivity contribution in [1.82, 2.24) is 5.43 Å². The van der Waals surface area contributed by atoms with Crippen LogP contribution < -0.4 is 10.2 Å². The molecule has 0 spiro atoms. The van der Waals surface area contributed by atoms with Crippen molar-refractivity contribution in [2.24, 2.45) is 5.10 Å². The molecule has 3 aromatic rings. The second kappa shape index (κ2) is 7.42. The normalized spacial score (nSPS) is 10.9. The monoisotopic (exact) mass is 318 g/mol. The van der Waals surface area contributed by atoms with Gasteiger partial charge in [0.25, 0.3) is 5.91 Å². The highest BCUT2D eigenvalue weighted by molar-refractivity contribution is 6.07. The van der Waals surface area contributed by atoms with Gasteiger partial charge in [0.05, 0.1) is 12.8 Å². The molecular formula is C20H18N2O2. The maximum atomic E-state index is 12.3. The second-order valence-corrected chi connectivity index (χ2v) is 5.23. The van der Waals surface area contributed by atoms with Gasteiger partial charge < -0.3 is 4.74 Å². The summed E-state index contributed by atoms with van der Waals surface area (Å²) in [7, 11) is 0. The largest absolute Gasteiger partial charge is 0.494 e. The fourth-order valence-corrected chi connectivity index (χ4v) is 2.47. The predicted molar refractivity (Wildman–Crippen MR) is 96.6 cm³/mol. The molecule has 3 aromatic carbocycles. The predicted octanol–water partition coefficient (Wildman–Crippen LogP) is 4.00. The third kappa shape index (κ3) is 3.60. The quantitative estimate of drug-likeness (QED) is 0.571. The molecule has 0 aliphatic rings. The number of nitrogens with zero attached hydrogens (tertiary/aromatic N) is 1. The summed E-state index contributed by atoms with van der Waals surface area (Å²) in [6.45, 7) is 2.58. The van der Waals surface area contributed by atoms with Gasteiger partial charge in [-0.05, 0) is 53.6 Å². The van der Waals surface area contributed by atoms with Gasteiger partial charge >= 0.3 is 0 Å². The van der Waals surface area contributed by atoms with Crippen molar-refractivity contribution < 1.29 is 9.53 Å². The molecule has 120 valence electrons. The number of carbonyl (C=O) groups excluding carboxylic acids is 1. The van der Waals surface area contributed by atoms with Crippen molar-refractivity contribution in [2.75, 3.05) is 6.61 Å². The molecule has 3 rings (SSSR count). The third-order valence-corrected chi connectivity index (χ3v) is 3.61. The van der Waals surface area contributed by atoms with Crippen LogP contribution in [0.5, 0.6) is 5.75 Å². The first-order valence-corrected chi connectivity index (χ1v) is 7.82. The molecule has 4 nitrogen and oxygen atoms in total. The van der Waals surface area contributed by atoms with Crippen LogP contribution in [0.4, 0.5) is 0 Å². The van der Waals surface area contributed by atoms with Gasteiger partial charge in [-0.2, -0.15) is 5.10 Å². The van der Waals surface area contributed by atoms with E-state index in [2.05, 4.69) is 10.5 Å². The summed E-state index contributed by atoms with van der Waals surface area (Å²) in [5.74, 6) is 0.587. The molecule has 0 bridgehead atoms. The van der Waals surface area contributed by atoms with Crippen LogP contribution in [0.25, 0.3) is 10.8 Å². The number of fused-ring (bicyclic) bond motifs is 1. The van der Waals surface area contributed by atoms with E-state index in [-0.39, 0.29) is 5.91 Å². The van der Waals surface area contributed by atoms with Crippen LogP contribution in [0.15, 0.2) is 71.8 Å². The molecule has 0 saturated carbocycles. The standard InChI is InChI=1S/C20H18N2O2/c1-2-24-17-12-10-15(11-13-17)14-21-22-20(23)19-9-5-7-16-6-3-4-8-18(16)19/h3-14H,2H2,1H3,(H,22,23)/b21-14+. The van der Waals surface area contributed by atoms with Gasteiger partial charge in [0.1, 0.15) is 5.75 Å². The van der Waals surface area contributed by atoms with E-state index in [1.807, 2.05) is 67.6 Å². The minimum Gasteiger partial charge on any atom is -0.494 e. The first-order valence-electron chi connectivity index (χ1n) is 7.82. The van der Waals surface area contributed by atoms with Crippen molar-refractivity contribution in [3.8, 4) is 5.75 Å². The molecule has 1 amide bonds. The number of hydrogen-bond acceptors (Lipinski definition) is 3. The van der Waals surface area contributed by atoms with E-state index < -0.39 is 0 Å². The average molecular weight is 318 g/mol. The van der Waals surface area contributed by atoms with E-state index in [9.17, 15) is 4.79 Å². The zero-order valence-corrected chi connectivity index (χ0v) is 13.4. The van der Waals surface area contributed by atoms with Gasteiger partial charge in [0.2, 0.25) is 0 Å². The minimum absolute atomic E-state index is 0.228. The second-order valence-electron chi connectivity index (χ2n) is 5.23. The molecule has 0 radical (unpaired) electrons. The van der Waals surface area contributed by atoms with Crippen LogP contribution in [0, 0.1) is 0 Å². The number of carbonyl (C=O) groups is 1. The first kappa shape index (κ1) is 15.7. The van der Waals surface area contributed by atoms with Crippen LogP contribution >= 0.6 is 0 Å². The highest BCUT2D eigenvalue weighted by Crippen LogP contribution is 2.18. The Kier molecular flexibility index (Phi) is 4.87. The van der Waals surface area contributed by atoms with Crippen LogP contribution in [-0.2, 0) is 0 Å². The summed E-state index contributed by atoms with van der Waals surface area (Å²) in [5, 5.41) is 5.97. The van der Waals surface area contributed by atoms with E-state index in [0.717, 1.165) is 22.1 Å². The maximum absolute atomic E-state index is 12.3. The molecule has 0 fully saturated rings. The van der Waals surface area contributed by atoms with Crippen LogP contribution in [-0.4, -0.2) is 18.7 Å². The zero-order chi connectivity index (χ0) is 16.8. The Morgan fingerprint density at radius 2 is 1.79 bits per heavy atom. The highest BCUT2D eigenvalue weighted by atomic mass is 16.5. The van der Waals surface area contributed by atoms with Gasteiger partial charge in [0.15, 0.2) is 0 Å². The van der Waals surface area contributed by atoms with E-state index in [1.54, 1.807) is 12.3 Å². The van der Waals surface area contributed by atoms with Crippen LogP contribution in [0.2, 0.25) is 0 Å². The maximum Gasteiger partial charge on any atom is 0.271 e. The number of hydrogen-bond donors (Lipinski definition) is 1. The number of rotatable bonds is 5. The Bertz CT molecular complexity index is 865. The van der Waals surface area contributed by atoms with E-state index in [4.69, 9.17) is 4.74 Å². The molecule has 24 heavy (non-hydrogen) atoms. The lowest BCUT2D eigenvalue weighted by molar-refractivity contribution is 0.0957. The van der Waals surface area contributed by atoms with Gasteiger partial charge in [-0.15, -0.1) is 0 Å². The summed E-state index contributed by atoms with van der Waals surface area (Å²) < 4.78 is 5.39. The molecule has 4 heteroatoms. The molecule has 0 aliphatic heterocycles. The Morgan fingerprint density at radius 1 is 1.04 bits per heavy atom. The first-order chi connectivity index (χ1) is 11.8. The number of nitrogens with one attached hydrogen (secondary N) is 1. The lowest BCUT2D eigenvalue weighted by Gasteiger charge is -2.05. The van der Waals surface area contributed by atoms with Gasteiger partial charge in [-0.25, -0.2) is 5.43 Å². The van der Waals surface area contributed by atoms with Gasteiger partial charge in [-0.3, -0.25) is 4.79 Å². The number of amides is 1. The summed E-state index contributed by atoms with van der Waals surface area (Å²) in [6, 6.07) is 20.9. The Balaban J connectivity index is 1.70. The minimum atomic E-state index is -0.228. The zero-order valence-electron chi connectivity index (χ0n) is 13.4. The van der Waals surface area contributed by atoms with E-state index in [1.165, 1.54) is 0 Å². The van der Waals surface area contributed by atoms with Crippen LogP contribution in [0.1, 0.15) is 22.8 Å². The van der Waals surface area contributed by atoms with Crippen molar-refractivity contribution in [1.29, 1.82) is 0 Å². The van der Waals surface area contributed by atoms with Crippen molar-refractivity contribution in [3.63, 3.8) is 0 Å². The van der Waals surface area contributed by atoms with Crippen molar-refractivity contribution in [3.05, 3.63) is 77.9 Å². The van der Waals surface area contributed by atoms with Gasteiger partial charge in [-0.1, -0.05) is 36.4 Å². The van der Waals surface area contributed by atoms with E-state index in [0.29, 0.717) is 12.2 Å². The molecule has 0 heterocycles. The summed E-state index contributed by atoms with van der Waals surface area (Å²) >= 11 is 0. The van der Waals surface area contributed by atoms with Crippen molar-refractivity contribution >= 4 is 22.9 Å². The SMILES string of the molecule is CCOc1ccc(/C=N/NC(=O)c2cccc3ccccc23)cc1. The smallest absolute Gasteiger partial charge is 0.271 e. The van der Waals surface area contributed by atoms with Gasteiger partial charge in [0, 0.05) is 5.56 Å². The number of ether oxygens (including phenoxy) is 1. The molecule has 0 aliphatic carbocycles. The third-order valence-electron chi connectivity index (χ3n) is 3.61. The Labute approximate surface area is 140 Å². The molecule has 0 unspecified atom stereocenters. The fraction of sp³-hybridized carbons (Fsp3) is 0.100. The van der Waals surface area contributed by atoms with Crippen molar-refractivity contribution in [2.45, 2.75) is 6.92 Å². The summed E-state index contributed by atoms with van der Waals surface area (Å²) in [5.41, 5.74) is 4.07. The lowest BCUT2D eigenvalue weighted by Crippen LogP contribution is -2.17. The molecule has 1 N–H and O–H groups in total. The molecule has 0 aromatic heterocycles. The number of hydrazone groups is 1. The summed E-state index contributed by atoms with van der Waals surface area (Å²) in [6.07, 6.45) is 1.61. The topological polar surface area (TPSA) is 50.7 Å². The summed E-state index contributed by atoms with van der Waals surface area (Å²) in [4.78, 5) is 12.3. The Hall–Kier alpha value is -3.14. The average Bonchev–Trinajstić information content (AvgIpc) is 2.63. The number of benzene rings is 3. The van der Waals surface area contributed by atoms with Crippen LogP contribution in [0.3, 0.4) is 0 Å².